The molecule has 2 N–H and O–H groups in total. The average Bonchev–Trinajstić information content (AvgIpc) is 2.45. The third kappa shape index (κ3) is 7.11. The number of aliphatic hydroxyl groups excluding tert-OH is 1. The van der Waals surface area contributed by atoms with Gasteiger partial charge in [-0.2, -0.15) is 0 Å². The Morgan fingerprint density at radius 2 is 2.05 bits per heavy atom. The highest BCUT2D eigenvalue weighted by molar-refractivity contribution is 6.30. The van der Waals surface area contributed by atoms with Crippen LogP contribution in [-0.4, -0.2) is 51.3 Å². The van der Waals surface area contributed by atoms with E-state index in [4.69, 9.17) is 25.8 Å². The summed E-state index contributed by atoms with van der Waals surface area (Å²) in [6, 6.07) is 5.41. The number of hydrogen-bond acceptors (Lipinski definition) is 5. The maximum atomic E-state index is 9.87. The number of benzene rings is 1. The zero-order chi connectivity index (χ0) is 15.7. The Labute approximate surface area is 131 Å². The molecular formula is C15H24ClNO4. The summed E-state index contributed by atoms with van der Waals surface area (Å²) in [6.45, 7) is 3.41. The summed E-state index contributed by atoms with van der Waals surface area (Å²) in [5.41, 5.74) is 0.950. The fourth-order valence-corrected chi connectivity index (χ4v) is 2.00. The molecule has 120 valence electrons. The van der Waals surface area contributed by atoms with E-state index in [2.05, 4.69) is 5.32 Å². The average molecular weight is 318 g/mol. The van der Waals surface area contributed by atoms with Crippen molar-refractivity contribution in [1.82, 2.24) is 5.32 Å². The normalized spacial score (nSPS) is 14.0. The molecule has 0 bridgehead atoms. The molecule has 0 heterocycles. The Kier molecular flexibility index (Phi) is 8.64. The van der Waals surface area contributed by atoms with Crippen molar-refractivity contribution in [3.05, 3.63) is 28.8 Å². The monoisotopic (exact) mass is 317 g/mol. The third-order valence-electron chi connectivity index (χ3n) is 2.80. The molecule has 0 saturated carbocycles. The summed E-state index contributed by atoms with van der Waals surface area (Å²) >= 11 is 5.96. The van der Waals surface area contributed by atoms with Crippen LogP contribution in [0.25, 0.3) is 0 Å². The minimum atomic E-state index is -0.692. The molecule has 1 aromatic rings. The molecule has 0 fully saturated rings. The van der Waals surface area contributed by atoms with Gasteiger partial charge in [0.2, 0.25) is 0 Å². The Bertz CT molecular complexity index is 417. The summed E-state index contributed by atoms with van der Waals surface area (Å²) in [5, 5.41) is 13.6. The van der Waals surface area contributed by atoms with Crippen LogP contribution in [0.15, 0.2) is 18.2 Å². The van der Waals surface area contributed by atoms with E-state index in [9.17, 15) is 5.11 Å². The first kappa shape index (κ1) is 18.2. The van der Waals surface area contributed by atoms with Crippen LogP contribution in [0, 0.1) is 0 Å². The van der Waals surface area contributed by atoms with Gasteiger partial charge in [-0.15, -0.1) is 0 Å². The van der Waals surface area contributed by atoms with Crippen molar-refractivity contribution in [3.63, 3.8) is 0 Å². The van der Waals surface area contributed by atoms with Crippen molar-refractivity contribution >= 4 is 11.6 Å². The van der Waals surface area contributed by atoms with Crippen LogP contribution in [0.3, 0.4) is 0 Å². The smallest absolute Gasteiger partial charge is 0.124 e. The fourth-order valence-electron chi connectivity index (χ4n) is 1.81. The summed E-state index contributed by atoms with van der Waals surface area (Å²) in [6.07, 6.45) is -0.748. The van der Waals surface area contributed by atoms with Crippen molar-refractivity contribution < 1.29 is 19.3 Å². The van der Waals surface area contributed by atoms with E-state index in [1.807, 2.05) is 20.0 Å². The molecule has 6 heteroatoms. The number of nitrogens with one attached hydrogen (secondary N) is 1. The van der Waals surface area contributed by atoms with Gasteiger partial charge in [-0.3, -0.25) is 0 Å². The Balaban J connectivity index is 2.43. The zero-order valence-corrected chi connectivity index (χ0v) is 13.5. The molecule has 0 amide bonds. The molecule has 0 spiro atoms. The van der Waals surface area contributed by atoms with Gasteiger partial charge in [-0.05, 0) is 32.2 Å². The predicted octanol–water partition coefficient (Wildman–Crippen LogP) is 1.85. The number of ether oxygens (including phenoxy) is 3. The van der Waals surface area contributed by atoms with Crippen LogP contribution in [0.5, 0.6) is 5.75 Å². The van der Waals surface area contributed by atoms with Crippen molar-refractivity contribution in [3.8, 4) is 5.75 Å². The van der Waals surface area contributed by atoms with Crippen LogP contribution in [0.1, 0.15) is 12.5 Å². The topological polar surface area (TPSA) is 60.0 Å². The minimum Gasteiger partial charge on any atom is -0.490 e. The van der Waals surface area contributed by atoms with Gasteiger partial charge in [0.05, 0.1) is 19.3 Å². The lowest BCUT2D eigenvalue weighted by Crippen LogP contribution is -2.27. The second kappa shape index (κ2) is 9.97. The molecule has 2 unspecified atom stereocenters. The van der Waals surface area contributed by atoms with Crippen LogP contribution < -0.4 is 10.1 Å². The van der Waals surface area contributed by atoms with Crippen molar-refractivity contribution in [2.75, 3.05) is 34.0 Å². The number of methoxy groups -OCH3 is 1. The Hall–Kier alpha value is -0.850. The maximum absolute atomic E-state index is 9.87. The number of rotatable bonds is 10. The van der Waals surface area contributed by atoms with E-state index in [0.29, 0.717) is 23.9 Å². The molecule has 5 nitrogen and oxygen atoms in total. The van der Waals surface area contributed by atoms with E-state index in [1.54, 1.807) is 19.2 Å². The van der Waals surface area contributed by atoms with Gasteiger partial charge >= 0.3 is 0 Å². The van der Waals surface area contributed by atoms with Crippen LogP contribution in [0.2, 0.25) is 5.02 Å². The van der Waals surface area contributed by atoms with Crippen LogP contribution in [0.4, 0.5) is 0 Å². The lowest BCUT2D eigenvalue weighted by atomic mass is 10.2. The SMILES string of the molecule is CNCc1cc(Cl)ccc1OCC(O)COC(C)COC. The van der Waals surface area contributed by atoms with Gasteiger partial charge < -0.3 is 24.6 Å². The fraction of sp³-hybridized carbons (Fsp3) is 0.600. The minimum absolute atomic E-state index is 0.0555. The number of halogens is 1. The maximum Gasteiger partial charge on any atom is 0.124 e. The second-order valence-electron chi connectivity index (χ2n) is 4.85. The van der Waals surface area contributed by atoms with Gasteiger partial charge in [-0.1, -0.05) is 11.6 Å². The molecule has 0 aliphatic rings. The first-order chi connectivity index (χ1) is 10.1. The highest BCUT2D eigenvalue weighted by Crippen LogP contribution is 2.23. The first-order valence-corrected chi connectivity index (χ1v) is 7.29. The molecule has 0 saturated heterocycles. The van der Waals surface area contributed by atoms with Gasteiger partial charge in [0.25, 0.3) is 0 Å². The van der Waals surface area contributed by atoms with Crippen molar-refractivity contribution in [1.29, 1.82) is 0 Å². The number of hydrogen-bond donors (Lipinski definition) is 2. The predicted molar refractivity (Wildman–Crippen MR) is 83.0 cm³/mol. The lowest BCUT2D eigenvalue weighted by molar-refractivity contribution is -0.0423. The second-order valence-corrected chi connectivity index (χ2v) is 5.28. The van der Waals surface area contributed by atoms with E-state index in [-0.39, 0.29) is 19.3 Å². The highest BCUT2D eigenvalue weighted by Gasteiger charge is 2.11. The Morgan fingerprint density at radius 1 is 1.29 bits per heavy atom. The molecule has 1 rings (SSSR count). The zero-order valence-electron chi connectivity index (χ0n) is 12.8. The summed E-state index contributed by atoms with van der Waals surface area (Å²) in [4.78, 5) is 0. The van der Waals surface area contributed by atoms with Crippen molar-refractivity contribution in [2.45, 2.75) is 25.7 Å². The standard InChI is InChI=1S/C15H24ClNO4/c1-11(8-19-3)20-9-14(18)10-21-15-5-4-13(16)6-12(15)7-17-2/h4-6,11,14,17-18H,7-10H2,1-3H3. The molecule has 1 aromatic carbocycles. The molecule has 0 aromatic heterocycles. The summed E-state index contributed by atoms with van der Waals surface area (Å²) in [7, 11) is 3.47. The van der Waals surface area contributed by atoms with E-state index in [0.717, 1.165) is 5.56 Å². The van der Waals surface area contributed by atoms with Crippen LogP contribution in [-0.2, 0) is 16.0 Å². The van der Waals surface area contributed by atoms with Gasteiger partial charge in [0.15, 0.2) is 0 Å². The van der Waals surface area contributed by atoms with Gasteiger partial charge in [0.1, 0.15) is 18.5 Å². The van der Waals surface area contributed by atoms with Gasteiger partial charge in [0, 0.05) is 24.2 Å². The van der Waals surface area contributed by atoms with E-state index in [1.165, 1.54) is 0 Å². The van der Waals surface area contributed by atoms with Gasteiger partial charge in [-0.25, -0.2) is 0 Å². The molecule has 2 atom stereocenters. The van der Waals surface area contributed by atoms with Crippen LogP contribution >= 0.6 is 11.6 Å². The highest BCUT2D eigenvalue weighted by atomic mass is 35.5. The Morgan fingerprint density at radius 3 is 2.71 bits per heavy atom. The van der Waals surface area contributed by atoms with E-state index >= 15 is 0 Å². The quantitative estimate of drug-likeness (QED) is 0.689. The van der Waals surface area contributed by atoms with E-state index < -0.39 is 6.10 Å². The third-order valence-corrected chi connectivity index (χ3v) is 3.03. The molecular weight excluding hydrogens is 294 g/mol. The first-order valence-electron chi connectivity index (χ1n) is 6.91. The molecule has 0 aliphatic carbocycles. The molecule has 21 heavy (non-hydrogen) atoms. The summed E-state index contributed by atoms with van der Waals surface area (Å²) in [5.74, 6) is 0.706. The molecule has 0 aliphatic heterocycles. The largest absolute Gasteiger partial charge is 0.490 e. The molecule has 0 radical (unpaired) electrons. The lowest BCUT2D eigenvalue weighted by Gasteiger charge is -2.17. The van der Waals surface area contributed by atoms with Crippen molar-refractivity contribution in [2.24, 2.45) is 0 Å². The number of aliphatic hydroxyl groups is 1. The summed E-state index contributed by atoms with van der Waals surface area (Å²) < 4.78 is 16.0.